The number of carbonyl (C=O) groups excluding carboxylic acids is 2. The highest BCUT2D eigenvalue weighted by Gasteiger charge is 2.57. The number of rotatable bonds is 0. The zero-order chi connectivity index (χ0) is 10.5. The second-order valence-corrected chi connectivity index (χ2v) is 5.33. The molecule has 3 aliphatic rings. The Hall–Kier alpha value is -0.860. The van der Waals surface area contributed by atoms with Gasteiger partial charge >= 0.3 is 0 Å². The van der Waals surface area contributed by atoms with Crippen LogP contribution in [-0.2, 0) is 9.59 Å². The van der Waals surface area contributed by atoms with E-state index in [0.29, 0.717) is 5.92 Å². The standard InChI is InChI=1S/C12H17NO2/c14-10-8-4-1-2-5-9(8)12(6-3-7-12)11(15)13-10/h8-9H,1-7H2,(H,13,14,15). The van der Waals surface area contributed by atoms with E-state index in [1.54, 1.807) is 0 Å². The van der Waals surface area contributed by atoms with Gasteiger partial charge in [-0.3, -0.25) is 14.9 Å². The van der Waals surface area contributed by atoms with Gasteiger partial charge in [0.1, 0.15) is 0 Å². The van der Waals surface area contributed by atoms with Crippen molar-refractivity contribution in [3.63, 3.8) is 0 Å². The van der Waals surface area contributed by atoms with Crippen molar-refractivity contribution in [2.75, 3.05) is 0 Å². The Balaban J connectivity index is 1.94. The van der Waals surface area contributed by atoms with E-state index >= 15 is 0 Å². The van der Waals surface area contributed by atoms with E-state index < -0.39 is 0 Å². The molecule has 2 unspecified atom stereocenters. The summed E-state index contributed by atoms with van der Waals surface area (Å²) >= 11 is 0. The van der Waals surface area contributed by atoms with Gasteiger partial charge in [0.05, 0.1) is 5.41 Å². The Bertz CT molecular complexity index is 320. The topological polar surface area (TPSA) is 46.2 Å². The van der Waals surface area contributed by atoms with Crippen LogP contribution in [0.1, 0.15) is 44.9 Å². The molecule has 3 nitrogen and oxygen atoms in total. The van der Waals surface area contributed by atoms with E-state index in [1.165, 1.54) is 6.42 Å². The van der Waals surface area contributed by atoms with Crippen molar-refractivity contribution in [3.8, 4) is 0 Å². The van der Waals surface area contributed by atoms with Gasteiger partial charge in [0.15, 0.2) is 0 Å². The molecule has 0 radical (unpaired) electrons. The van der Waals surface area contributed by atoms with Crippen LogP contribution in [0.3, 0.4) is 0 Å². The fraction of sp³-hybridized carbons (Fsp3) is 0.833. The molecule has 3 fully saturated rings. The first-order chi connectivity index (χ1) is 7.24. The van der Waals surface area contributed by atoms with E-state index in [4.69, 9.17) is 0 Å². The Morgan fingerprint density at radius 2 is 1.80 bits per heavy atom. The molecule has 1 saturated heterocycles. The number of imide groups is 1. The van der Waals surface area contributed by atoms with Crippen LogP contribution in [0, 0.1) is 17.3 Å². The monoisotopic (exact) mass is 207 g/mol. The van der Waals surface area contributed by atoms with E-state index in [2.05, 4.69) is 5.32 Å². The first kappa shape index (κ1) is 9.37. The third-order valence-electron chi connectivity index (χ3n) is 4.75. The van der Waals surface area contributed by atoms with E-state index in [1.807, 2.05) is 0 Å². The fourth-order valence-electron chi connectivity index (χ4n) is 3.76. The van der Waals surface area contributed by atoms with Crippen LogP contribution < -0.4 is 5.32 Å². The third-order valence-corrected chi connectivity index (χ3v) is 4.75. The number of nitrogens with one attached hydrogen (secondary N) is 1. The summed E-state index contributed by atoms with van der Waals surface area (Å²) in [4.78, 5) is 23.7. The molecule has 0 aromatic rings. The number of hydrogen-bond donors (Lipinski definition) is 1. The number of amides is 2. The minimum atomic E-state index is -0.140. The lowest BCUT2D eigenvalue weighted by Crippen LogP contribution is -2.61. The minimum Gasteiger partial charge on any atom is -0.296 e. The second kappa shape index (κ2) is 3.06. The van der Waals surface area contributed by atoms with Crippen LogP contribution in [0.4, 0.5) is 0 Å². The third kappa shape index (κ3) is 1.12. The van der Waals surface area contributed by atoms with Crippen LogP contribution in [0.25, 0.3) is 0 Å². The van der Waals surface area contributed by atoms with E-state index in [-0.39, 0.29) is 23.1 Å². The molecule has 2 atom stereocenters. The molecule has 2 saturated carbocycles. The van der Waals surface area contributed by atoms with Crippen molar-refractivity contribution in [1.82, 2.24) is 5.32 Å². The predicted octanol–water partition coefficient (Wildman–Crippen LogP) is 1.62. The highest BCUT2D eigenvalue weighted by atomic mass is 16.2. The van der Waals surface area contributed by atoms with Gasteiger partial charge in [-0.2, -0.15) is 0 Å². The lowest BCUT2D eigenvalue weighted by Gasteiger charge is -2.53. The van der Waals surface area contributed by atoms with Crippen molar-refractivity contribution >= 4 is 11.8 Å². The van der Waals surface area contributed by atoms with Crippen molar-refractivity contribution in [1.29, 1.82) is 0 Å². The second-order valence-electron chi connectivity index (χ2n) is 5.33. The number of fused-ring (bicyclic) bond motifs is 2. The zero-order valence-corrected chi connectivity index (χ0v) is 8.92. The van der Waals surface area contributed by atoms with Gasteiger partial charge in [0.2, 0.25) is 11.8 Å². The summed E-state index contributed by atoms with van der Waals surface area (Å²) in [6, 6.07) is 0. The summed E-state index contributed by atoms with van der Waals surface area (Å²) < 4.78 is 0. The highest BCUT2D eigenvalue weighted by molar-refractivity contribution is 6.02. The Morgan fingerprint density at radius 3 is 2.47 bits per heavy atom. The first-order valence-electron chi connectivity index (χ1n) is 6.09. The molecule has 1 spiro atoms. The molecule has 1 N–H and O–H groups in total. The molecule has 0 aromatic heterocycles. The lowest BCUT2D eigenvalue weighted by molar-refractivity contribution is -0.160. The summed E-state index contributed by atoms with van der Waals surface area (Å²) in [7, 11) is 0. The van der Waals surface area contributed by atoms with Crippen molar-refractivity contribution in [2.45, 2.75) is 44.9 Å². The number of piperidine rings is 1. The van der Waals surface area contributed by atoms with Crippen molar-refractivity contribution in [3.05, 3.63) is 0 Å². The first-order valence-corrected chi connectivity index (χ1v) is 6.09. The Kier molecular flexibility index (Phi) is 1.91. The van der Waals surface area contributed by atoms with Gasteiger partial charge < -0.3 is 0 Å². The lowest BCUT2D eigenvalue weighted by atomic mass is 9.52. The molecule has 2 amide bonds. The summed E-state index contributed by atoms with van der Waals surface area (Å²) in [6.45, 7) is 0. The molecular formula is C12H17NO2. The van der Waals surface area contributed by atoms with E-state index in [9.17, 15) is 9.59 Å². The normalized spacial score (nSPS) is 38.1. The fourth-order valence-corrected chi connectivity index (χ4v) is 3.76. The van der Waals surface area contributed by atoms with Crippen LogP contribution in [0.5, 0.6) is 0 Å². The van der Waals surface area contributed by atoms with Gasteiger partial charge in [0.25, 0.3) is 0 Å². The van der Waals surface area contributed by atoms with Gasteiger partial charge in [-0.25, -0.2) is 0 Å². The number of carbonyl (C=O) groups is 2. The van der Waals surface area contributed by atoms with Gasteiger partial charge in [-0.15, -0.1) is 0 Å². The summed E-state index contributed by atoms with van der Waals surface area (Å²) in [5.74, 6) is 0.530. The Labute approximate surface area is 89.6 Å². The van der Waals surface area contributed by atoms with Crippen molar-refractivity contribution < 1.29 is 9.59 Å². The van der Waals surface area contributed by atoms with Crippen LogP contribution in [0.2, 0.25) is 0 Å². The predicted molar refractivity (Wildman–Crippen MR) is 54.9 cm³/mol. The average Bonchev–Trinajstić information content (AvgIpc) is 2.16. The molecule has 0 bridgehead atoms. The maximum Gasteiger partial charge on any atom is 0.233 e. The smallest absolute Gasteiger partial charge is 0.233 e. The maximum atomic E-state index is 11.9. The quantitative estimate of drug-likeness (QED) is 0.613. The molecule has 3 heteroatoms. The SMILES string of the molecule is O=C1NC(=O)C2(CCC2)C2CCCCC12. The highest BCUT2D eigenvalue weighted by Crippen LogP contribution is 2.55. The van der Waals surface area contributed by atoms with Gasteiger partial charge in [0, 0.05) is 5.92 Å². The van der Waals surface area contributed by atoms with Crippen LogP contribution in [-0.4, -0.2) is 11.8 Å². The number of hydrogen-bond acceptors (Lipinski definition) is 2. The molecule has 15 heavy (non-hydrogen) atoms. The molecule has 2 aliphatic carbocycles. The average molecular weight is 207 g/mol. The largest absolute Gasteiger partial charge is 0.296 e. The molecule has 0 aromatic carbocycles. The molecule has 1 aliphatic heterocycles. The van der Waals surface area contributed by atoms with Crippen molar-refractivity contribution in [2.24, 2.45) is 17.3 Å². The minimum absolute atomic E-state index is 0.00206. The maximum absolute atomic E-state index is 11.9. The summed E-state index contributed by atoms with van der Waals surface area (Å²) in [6.07, 6.45) is 7.60. The molecule has 3 rings (SSSR count). The molecule has 82 valence electrons. The van der Waals surface area contributed by atoms with E-state index in [0.717, 1.165) is 38.5 Å². The molecular weight excluding hydrogens is 190 g/mol. The summed E-state index contributed by atoms with van der Waals surface area (Å²) in [5.41, 5.74) is -0.140. The zero-order valence-electron chi connectivity index (χ0n) is 8.92. The Morgan fingerprint density at radius 1 is 1.07 bits per heavy atom. The van der Waals surface area contributed by atoms with Crippen LogP contribution in [0.15, 0.2) is 0 Å². The molecule has 1 heterocycles. The van der Waals surface area contributed by atoms with Gasteiger partial charge in [-0.1, -0.05) is 19.3 Å². The van der Waals surface area contributed by atoms with Crippen LogP contribution >= 0.6 is 0 Å². The summed E-state index contributed by atoms with van der Waals surface area (Å²) in [5, 5.41) is 2.59. The van der Waals surface area contributed by atoms with Gasteiger partial charge in [-0.05, 0) is 31.6 Å².